The Balaban J connectivity index is 2.14. The maximum atomic E-state index is 6.14. The molecule has 0 amide bonds. The first-order chi connectivity index (χ1) is 10.3. The molecule has 1 aromatic carbocycles. The summed E-state index contributed by atoms with van der Waals surface area (Å²) in [5.74, 6) is 0.433. The van der Waals surface area contributed by atoms with E-state index in [0.717, 1.165) is 33.2 Å². The summed E-state index contributed by atoms with van der Waals surface area (Å²) in [5, 5.41) is 2.13. The van der Waals surface area contributed by atoms with E-state index in [4.69, 9.17) is 5.73 Å². The van der Waals surface area contributed by atoms with Gasteiger partial charge in [0.25, 0.3) is 0 Å². The van der Waals surface area contributed by atoms with Crippen molar-refractivity contribution in [3.63, 3.8) is 0 Å². The second kappa shape index (κ2) is 4.28. The molecule has 0 aliphatic rings. The van der Waals surface area contributed by atoms with Crippen LogP contribution in [0.2, 0.25) is 0 Å². The van der Waals surface area contributed by atoms with E-state index in [0.29, 0.717) is 5.95 Å². The van der Waals surface area contributed by atoms with Crippen LogP contribution in [-0.4, -0.2) is 19.5 Å². The Kier molecular flexibility index (Phi) is 2.41. The molecule has 0 saturated heterocycles. The van der Waals surface area contributed by atoms with Crippen LogP contribution in [0, 0.1) is 6.92 Å². The lowest BCUT2D eigenvalue weighted by Gasteiger charge is -2.09. The highest BCUT2D eigenvalue weighted by Crippen LogP contribution is 2.28. The molecule has 0 atom stereocenters. The molecule has 0 aliphatic carbocycles. The van der Waals surface area contributed by atoms with Crippen LogP contribution < -0.4 is 5.73 Å². The molecule has 21 heavy (non-hydrogen) atoms. The molecule has 2 N–H and O–H groups in total. The maximum Gasteiger partial charge on any atom is 0.207 e. The molecule has 5 nitrogen and oxygen atoms in total. The average molecular weight is 275 g/mol. The number of nitrogens with two attached hydrogens (primary N) is 1. The zero-order valence-corrected chi connectivity index (χ0v) is 11.5. The quantitative estimate of drug-likeness (QED) is 0.580. The molecule has 102 valence electrons. The van der Waals surface area contributed by atoms with Crippen LogP contribution >= 0.6 is 0 Å². The largest absolute Gasteiger partial charge is 0.369 e. The number of aryl methyl sites for hydroxylation is 1. The van der Waals surface area contributed by atoms with E-state index in [9.17, 15) is 0 Å². The summed E-state index contributed by atoms with van der Waals surface area (Å²) < 4.78 is 1.88. The van der Waals surface area contributed by atoms with Crippen molar-refractivity contribution in [1.82, 2.24) is 19.5 Å². The fourth-order valence-electron chi connectivity index (χ4n) is 2.64. The minimum Gasteiger partial charge on any atom is -0.369 e. The molecule has 4 aromatic rings. The lowest BCUT2D eigenvalue weighted by Crippen LogP contribution is -2.02. The van der Waals surface area contributed by atoms with Crippen molar-refractivity contribution in [3.05, 3.63) is 54.5 Å². The topological polar surface area (TPSA) is 69.6 Å². The van der Waals surface area contributed by atoms with Crippen LogP contribution in [0.1, 0.15) is 5.56 Å². The van der Waals surface area contributed by atoms with Gasteiger partial charge in [0.05, 0.1) is 5.69 Å². The van der Waals surface area contributed by atoms with Crippen LogP contribution in [0.4, 0.5) is 5.95 Å². The first-order valence-electron chi connectivity index (χ1n) is 6.68. The zero-order chi connectivity index (χ0) is 14.4. The molecule has 0 fully saturated rings. The molecule has 0 unspecified atom stereocenters. The Morgan fingerprint density at radius 3 is 2.90 bits per heavy atom. The minimum atomic E-state index is 0.433. The molecule has 0 bridgehead atoms. The first kappa shape index (κ1) is 11.8. The number of fused-ring (bicyclic) bond motifs is 2. The van der Waals surface area contributed by atoms with Crippen LogP contribution in [0.15, 0.2) is 48.9 Å². The molecule has 0 radical (unpaired) electrons. The average Bonchev–Trinajstić information content (AvgIpc) is 2.84. The summed E-state index contributed by atoms with van der Waals surface area (Å²) in [6.45, 7) is 2.01. The number of aromatic nitrogens is 4. The van der Waals surface area contributed by atoms with Crippen molar-refractivity contribution in [2.75, 3.05) is 5.73 Å². The highest BCUT2D eigenvalue weighted by molar-refractivity contribution is 5.92. The zero-order valence-electron chi connectivity index (χ0n) is 11.5. The lowest BCUT2D eigenvalue weighted by atomic mass is 10.1. The van der Waals surface area contributed by atoms with Crippen LogP contribution in [0.5, 0.6) is 0 Å². The van der Waals surface area contributed by atoms with E-state index < -0.39 is 0 Å². The summed E-state index contributed by atoms with van der Waals surface area (Å²) in [6, 6.07) is 9.97. The number of anilines is 1. The van der Waals surface area contributed by atoms with E-state index in [-0.39, 0.29) is 0 Å². The molecule has 3 aromatic heterocycles. The van der Waals surface area contributed by atoms with Crippen molar-refractivity contribution in [1.29, 1.82) is 0 Å². The number of imidazole rings is 1. The van der Waals surface area contributed by atoms with Gasteiger partial charge in [0.1, 0.15) is 5.52 Å². The number of hydrogen-bond acceptors (Lipinski definition) is 4. The number of rotatable bonds is 1. The molecule has 0 spiro atoms. The van der Waals surface area contributed by atoms with Gasteiger partial charge in [-0.25, -0.2) is 9.97 Å². The Morgan fingerprint density at radius 1 is 1.10 bits per heavy atom. The molecule has 4 rings (SSSR count). The second-order valence-corrected chi connectivity index (χ2v) is 4.98. The summed E-state index contributed by atoms with van der Waals surface area (Å²) >= 11 is 0. The lowest BCUT2D eigenvalue weighted by molar-refractivity contribution is 1.09. The van der Waals surface area contributed by atoms with Crippen molar-refractivity contribution in [2.45, 2.75) is 6.92 Å². The highest BCUT2D eigenvalue weighted by atomic mass is 15.2. The molecular weight excluding hydrogens is 262 g/mol. The summed E-state index contributed by atoms with van der Waals surface area (Å²) in [5.41, 5.74) is 9.74. The number of hydrogen-bond donors (Lipinski definition) is 1. The Hall–Kier alpha value is -2.95. The van der Waals surface area contributed by atoms with Crippen molar-refractivity contribution in [2.24, 2.45) is 0 Å². The van der Waals surface area contributed by atoms with Gasteiger partial charge < -0.3 is 5.73 Å². The van der Waals surface area contributed by atoms with Crippen molar-refractivity contribution >= 4 is 27.9 Å². The predicted octanol–water partition coefficient (Wildman–Crippen LogP) is 2.86. The van der Waals surface area contributed by atoms with Gasteiger partial charge in [-0.1, -0.05) is 12.1 Å². The van der Waals surface area contributed by atoms with Gasteiger partial charge in [-0.2, -0.15) is 0 Å². The highest BCUT2D eigenvalue weighted by Gasteiger charge is 2.14. The van der Waals surface area contributed by atoms with Crippen LogP contribution in [0.3, 0.4) is 0 Å². The van der Waals surface area contributed by atoms with Crippen LogP contribution in [0.25, 0.3) is 27.6 Å². The standard InChI is InChI=1S/C16H13N5/c1-10-5-8-19-15-14(10)20-16(17)21(15)13-4-2-3-11-6-7-18-9-12(11)13/h2-9H,1H3,(H2,17,20). The Morgan fingerprint density at radius 2 is 2.00 bits per heavy atom. The normalized spacial score (nSPS) is 11.3. The van der Waals surface area contributed by atoms with E-state index in [2.05, 4.69) is 21.0 Å². The van der Waals surface area contributed by atoms with Gasteiger partial charge in [-0.05, 0) is 36.1 Å². The molecular formula is C16H13N5. The van der Waals surface area contributed by atoms with E-state index in [1.165, 1.54) is 0 Å². The first-order valence-corrected chi connectivity index (χ1v) is 6.68. The van der Waals surface area contributed by atoms with Gasteiger partial charge in [-0.15, -0.1) is 0 Å². The third-order valence-electron chi connectivity index (χ3n) is 3.68. The van der Waals surface area contributed by atoms with Gasteiger partial charge in [0.2, 0.25) is 5.95 Å². The van der Waals surface area contributed by atoms with E-state index in [1.54, 1.807) is 12.4 Å². The molecule has 0 aliphatic heterocycles. The van der Waals surface area contributed by atoms with Gasteiger partial charge >= 0.3 is 0 Å². The third kappa shape index (κ3) is 1.67. The number of nitrogens with zero attached hydrogens (tertiary/aromatic N) is 4. The number of nitrogen functional groups attached to an aromatic ring is 1. The maximum absolute atomic E-state index is 6.14. The van der Waals surface area contributed by atoms with Crippen molar-refractivity contribution < 1.29 is 0 Å². The predicted molar refractivity (Wildman–Crippen MR) is 83.3 cm³/mol. The second-order valence-electron chi connectivity index (χ2n) is 4.98. The van der Waals surface area contributed by atoms with Crippen molar-refractivity contribution in [3.8, 4) is 5.69 Å². The van der Waals surface area contributed by atoms with E-state index in [1.807, 2.05) is 42.0 Å². The number of benzene rings is 1. The van der Waals surface area contributed by atoms with Gasteiger partial charge in [0.15, 0.2) is 5.65 Å². The monoisotopic (exact) mass is 275 g/mol. The SMILES string of the molecule is Cc1ccnc2c1nc(N)n2-c1cccc2ccncc12. The van der Waals surface area contributed by atoms with Crippen LogP contribution in [-0.2, 0) is 0 Å². The third-order valence-corrected chi connectivity index (χ3v) is 3.68. The summed E-state index contributed by atoms with van der Waals surface area (Å²) in [4.78, 5) is 13.1. The fraction of sp³-hybridized carbons (Fsp3) is 0.0625. The van der Waals surface area contributed by atoms with Gasteiger partial charge in [-0.3, -0.25) is 9.55 Å². The summed E-state index contributed by atoms with van der Waals surface area (Å²) in [6.07, 6.45) is 5.40. The Labute approximate surface area is 121 Å². The minimum absolute atomic E-state index is 0.433. The molecule has 5 heteroatoms. The van der Waals surface area contributed by atoms with E-state index >= 15 is 0 Å². The smallest absolute Gasteiger partial charge is 0.207 e. The molecule has 3 heterocycles. The Bertz CT molecular complexity index is 966. The van der Waals surface area contributed by atoms with Gasteiger partial charge in [0, 0.05) is 24.0 Å². The summed E-state index contributed by atoms with van der Waals surface area (Å²) in [7, 11) is 0. The fourth-order valence-corrected chi connectivity index (χ4v) is 2.64. The molecule has 0 saturated carbocycles. The number of pyridine rings is 2.